The molecule has 0 radical (unpaired) electrons. The van der Waals surface area contributed by atoms with E-state index in [4.69, 9.17) is 9.73 Å². The first-order valence-corrected chi connectivity index (χ1v) is 11.2. The predicted molar refractivity (Wildman–Crippen MR) is 115 cm³/mol. The molecule has 4 nitrogen and oxygen atoms in total. The molecule has 2 aromatic rings. The molecule has 0 spiro atoms. The Balaban J connectivity index is 1.35. The summed E-state index contributed by atoms with van der Waals surface area (Å²) in [6.07, 6.45) is 4.69. The molecule has 0 aliphatic carbocycles. The molecule has 2 bridgehead atoms. The van der Waals surface area contributed by atoms with Gasteiger partial charge < -0.3 is 14.5 Å². The molecule has 0 N–H and O–H groups in total. The van der Waals surface area contributed by atoms with Crippen LogP contribution >= 0.6 is 0 Å². The van der Waals surface area contributed by atoms with E-state index in [2.05, 4.69) is 34.1 Å². The van der Waals surface area contributed by atoms with Gasteiger partial charge in [-0.3, -0.25) is 0 Å². The Morgan fingerprint density at radius 3 is 2.43 bits per heavy atom. The minimum absolute atomic E-state index is 0.0127. The third-order valence-corrected chi connectivity index (χ3v) is 7.84. The van der Waals surface area contributed by atoms with Crippen molar-refractivity contribution in [3.63, 3.8) is 0 Å². The largest absolute Gasteiger partial charge is 0.463 e. The summed E-state index contributed by atoms with van der Waals surface area (Å²) >= 11 is 0. The molecule has 5 aliphatic rings. The molecular weight excluding hydrogens is 377 g/mol. The van der Waals surface area contributed by atoms with Gasteiger partial charge in [0.15, 0.2) is 0 Å². The van der Waals surface area contributed by atoms with Crippen molar-refractivity contribution in [3.05, 3.63) is 71.0 Å². The van der Waals surface area contributed by atoms with Gasteiger partial charge in [0.25, 0.3) is 6.02 Å². The summed E-state index contributed by atoms with van der Waals surface area (Å²) in [5, 5.41) is 0. The number of hydrogen-bond donors (Lipinski definition) is 0. The lowest BCUT2D eigenvalue weighted by atomic mass is 9.67. The molecule has 156 valence electrons. The van der Waals surface area contributed by atoms with Crippen molar-refractivity contribution >= 4 is 6.02 Å². The Bertz CT molecular complexity index is 951. The number of ether oxygens (including phenoxy) is 1. The van der Waals surface area contributed by atoms with Gasteiger partial charge in [0.1, 0.15) is 12.4 Å². The SMILES string of the molecule is Fc1ccc([C@H]2c3ccccc3CCN2C2=N[C@@H](C34CCN(CC3)CC4)CO2)cc1. The Labute approximate surface area is 177 Å². The summed E-state index contributed by atoms with van der Waals surface area (Å²) in [5.41, 5.74) is 4.03. The zero-order chi connectivity index (χ0) is 20.1. The summed E-state index contributed by atoms with van der Waals surface area (Å²) in [7, 11) is 0. The highest BCUT2D eigenvalue weighted by atomic mass is 19.1. The van der Waals surface area contributed by atoms with Crippen molar-refractivity contribution in [2.24, 2.45) is 10.4 Å². The second-order valence-corrected chi connectivity index (χ2v) is 9.29. The molecule has 5 aliphatic heterocycles. The fraction of sp³-hybridized carbons (Fsp3) is 0.480. The number of halogens is 1. The highest BCUT2D eigenvalue weighted by Crippen LogP contribution is 2.46. The molecular formula is C25H28FN3O. The van der Waals surface area contributed by atoms with Gasteiger partial charge in [-0.15, -0.1) is 0 Å². The molecule has 0 unspecified atom stereocenters. The van der Waals surface area contributed by atoms with Gasteiger partial charge in [-0.2, -0.15) is 0 Å². The van der Waals surface area contributed by atoms with Gasteiger partial charge in [0.05, 0.1) is 12.1 Å². The minimum atomic E-state index is -0.202. The molecule has 5 heterocycles. The molecule has 0 saturated carbocycles. The first-order chi connectivity index (χ1) is 14.7. The Morgan fingerprint density at radius 2 is 1.67 bits per heavy atom. The Kier molecular flexibility index (Phi) is 4.34. The van der Waals surface area contributed by atoms with E-state index in [0.717, 1.165) is 24.6 Å². The fourth-order valence-corrected chi connectivity index (χ4v) is 5.96. The van der Waals surface area contributed by atoms with Crippen LogP contribution in [0, 0.1) is 11.2 Å². The van der Waals surface area contributed by atoms with Crippen molar-refractivity contribution in [2.75, 3.05) is 32.8 Å². The van der Waals surface area contributed by atoms with Crippen LogP contribution in [0.4, 0.5) is 4.39 Å². The monoisotopic (exact) mass is 405 g/mol. The first kappa shape index (κ1) is 18.4. The second kappa shape index (κ2) is 7.09. The third kappa shape index (κ3) is 2.94. The van der Waals surface area contributed by atoms with E-state index >= 15 is 0 Å². The van der Waals surface area contributed by atoms with E-state index in [-0.39, 0.29) is 17.9 Å². The van der Waals surface area contributed by atoms with Crippen molar-refractivity contribution in [2.45, 2.75) is 37.8 Å². The summed E-state index contributed by atoms with van der Waals surface area (Å²) in [4.78, 5) is 10.1. The van der Waals surface area contributed by atoms with Gasteiger partial charge in [-0.05, 0) is 79.6 Å². The number of aliphatic imine (C=N–C) groups is 1. The van der Waals surface area contributed by atoms with Crippen LogP contribution in [0.1, 0.15) is 42.0 Å². The predicted octanol–water partition coefficient (Wildman–Crippen LogP) is 4.01. The van der Waals surface area contributed by atoms with Crippen LogP contribution in [0.3, 0.4) is 0 Å². The van der Waals surface area contributed by atoms with Gasteiger partial charge in [-0.25, -0.2) is 9.38 Å². The van der Waals surface area contributed by atoms with Crippen LogP contribution in [-0.2, 0) is 11.2 Å². The number of hydrogen-bond acceptors (Lipinski definition) is 4. The highest BCUT2D eigenvalue weighted by Gasteiger charge is 2.48. The summed E-state index contributed by atoms with van der Waals surface area (Å²) in [6.45, 7) is 5.18. The lowest BCUT2D eigenvalue weighted by Crippen LogP contribution is -2.53. The van der Waals surface area contributed by atoms with Crippen molar-refractivity contribution in [1.29, 1.82) is 0 Å². The average Bonchev–Trinajstić information content (AvgIpc) is 3.31. The zero-order valence-electron chi connectivity index (χ0n) is 17.3. The highest BCUT2D eigenvalue weighted by molar-refractivity contribution is 5.77. The topological polar surface area (TPSA) is 28.1 Å². The van der Waals surface area contributed by atoms with Crippen LogP contribution in [0.25, 0.3) is 0 Å². The normalized spacial score (nSPS) is 32.5. The molecule has 2 atom stereocenters. The lowest BCUT2D eigenvalue weighted by molar-refractivity contribution is 0.00166. The first-order valence-electron chi connectivity index (χ1n) is 11.2. The van der Waals surface area contributed by atoms with E-state index in [1.54, 1.807) is 12.1 Å². The summed E-state index contributed by atoms with van der Waals surface area (Å²) in [6, 6.07) is 16.6. The van der Waals surface area contributed by atoms with Crippen molar-refractivity contribution in [1.82, 2.24) is 9.80 Å². The van der Waals surface area contributed by atoms with E-state index in [9.17, 15) is 4.39 Å². The smallest absolute Gasteiger partial charge is 0.288 e. The molecule has 30 heavy (non-hydrogen) atoms. The van der Waals surface area contributed by atoms with Gasteiger partial charge >= 0.3 is 0 Å². The zero-order valence-corrected chi connectivity index (χ0v) is 17.3. The maximum Gasteiger partial charge on any atom is 0.288 e. The minimum Gasteiger partial charge on any atom is -0.463 e. The summed E-state index contributed by atoms with van der Waals surface area (Å²) < 4.78 is 19.9. The van der Waals surface area contributed by atoms with Crippen LogP contribution in [0.15, 0.2) is 53.5 Å². The number of amidine groups is 1. The molecule has 3 fully saturated rings. The summed E-state index contributed by atoms with van der Waals surface area (Å²) in [5.74, 6) is -0.202. The molecule has 5 heteroatoms. The van der Waals surface area contributed by atoms with E-state index in [1.165, 1.54) is 50.0 Å². The standard InChI is InChI=1S/C25H28FN3O/c26-20-7-5-19(6-8-20)23-21-4-2-1-3-18(21)9-13-29(23)24-27-22(17-30-24)25-10-14-28(15-11-25)16-12-25/h1-8,22-23H,9-17H2/t22-,23+/m1/s1. The van der Waals surface area contributed by atoms with Crippen LogP contribution < -0.4 is 0 Å². The van der Waals surface area contributed by atoms with Crippen LogP contribution in [0.2, 0.25) is 0 Å². The average molecular weight is 406 g/mol. The van der Waals surface area contributed by atoms with Gasteiger partial charge in [0, 0.05) is 6.54 Å². The molecule has 0 aromatic heterocycles. The van der Waals surface area contributed by atoms with Crippen molar-refractivity contribution in [3.8, 4) is 0 Å². The van der Waals surface area contributed by atoms with Gasteiger partial charge in [0.2, 0.25) is 0 Å². The van der Waals surface area contributed by atoms with Crippen molar-refractivity contribution < 1.29 is 9.13 Å². The lowest BCUT2D eigenvalue weighted by Gasteiger charge is -2.50. The number of rotatable bonds is 2. The molecule has 7 rings (SSSR count). The van der Waals surface area contributed by atoms with Gasteiger partial charge in [-0.1, -0.05) is 36.4 Å². The number of nitrogens with zero attached hydrogens (tertiary/aromatic N) is 3. The quantitative estimate of drug-likeness (QED) is 0.756. The number of benzene rings is 2. The maximum atomic E-state index is 13.6. The Morgan fingerprint density at radius 1 is 0.933 bits per heavy atom. The van der Waals surface area contributed by atoms with Crippen LogP contribution in [0.5, 0.6) is 0 Å². The molecule has 3 saturated heterocycles. The molecule has 0 amide bonds. The van der Waals surface area contributed by atoms with E-state index in [0.29, 0.717) is 12.0 Å². The van der Waals surface area contributed by atoms with Crippen LogP contribution in [-0.4, -0.2) is 54.6 Å². The second-order valence-electron chi connectivity index (χ2n) is 9.29. The van der Waals surface area contributed by atoms with E-state index < -0.39 is 0 Å². The maximum absolute atomic E-state index is 13.6. The third-order valence-electron chi connectivity index (χ3n) is 7.84. The van der Waals surface area contributed by atoms with E-state index in [1.807, 2.05) is 12.1 Å². The number of piperidine rings is 3. The Hall–Kier alpha value is -2.40. The fourth-order valence-electron chi connectivity index (χ4n) is 5.96. The molecule has 2 aromatic carbocycles. The number of fused-ring (bicyclic) bond motifs is 4.